The Kier molecular flexibility index (Phi) is 5.22. The molecule has 1 heterocycles. The molecule has 1 aromatic carbocycles. The van der Waals surface area contributed by atoms with Crippen LogP contribution < -0.4 is 10.1 Å². The molecule has 2 aromatic rings. The molecule has 1 amide bonds. The molecule has 0 bridgehead atoms. The highest BCUT2D eigenvalue weighted by atomic mass is 16.5. The summed E-state index contributed by atoms with van der Waals surface area (Å²) in [7, 11) is 7.62. The molecule has 22 heavy (non-hydrogen) atoms. The number of aryl methyl sites for hydroxylation is 1. The molecule has 0 radical (unpaired) electrons. The lowest BCUT2D eigenvalue weighted by atomic mass is 10.1. The summed E-state index contributed by atoms with van der Waals surface area (Å²) in [6.45, 7) is 0.543. The Morgan fingerprint density at radius 2 is 2.09 bits per heavy atom. The van der Waals surface area contributed by atoms with Crippen molar-refractivity contribution in [2.75, 3.05) is 27.7 Å². The Morgan fingerprint density at radius 3 is 2.68 bits per heavy atom. The quantitative estimate of drug-likeness (QED) is 0.888. The van der Waals surface area contributed by atoms with Gasteiger partial charge >= 0.3 is 0 Å². The number of likely N-dealkylation sites (N-methyl/N-ethyl adjacent to an activating group) is 1. The van der Waals surface area contributed by atoms with Gasteiger partial charge in [0.25, 0.3) is 5.91 Å². The number of nitrogens with one attached hydrogen (secondary N) is 1. The third kappa shape index (κ3) is 3.68. The van der Waals surface area contributed by atoms with Crippen molar-refractivity contribution in [3.05, 3.63) is 53.9 Å². The monoisotopic (exact) mass is 301 g/mol. The normalized spacial score (nSPS) is 12.2. The van der Waals surface area contributed by atoms with Crippen molar-refractivity contribution in [1.29, 1.82) is 0 Å². The fourth-order valence-corrected chi connectivity index (χ4v) is 2.43. The number of methoxy groups -OCH3 is 1. The van der Waals surface area contributed by atoms with Crippen LogP contribution in [0.15, 0.2) is 42.6 Å². The van der Waals surface area contributed by atoms with E-state index in [2.05, 4.69) is 20.9 Å². The van der Waals surface area contributed by atoms with Gasteiger partial charge in [-0.15, -0.1) is 0 Å². The largest absolute Gasteiger partial charge is 0.497 e. The van der Waals surface area contributed by atoms with Crippen molar-refractivity contribution >= 4 is 5.91 Å². The van der Waals surface area contributed by atoms with Gasteiger partial charge in [-0.05, 0) is 44.4 Å². The fourth-order valence-electron chi connectivity index (χ4n) is 2.43. The molecule has 118 valence electrons. The summed E-state index contributed by atoms with van der Waals surface area (Å²) in [6, 6.07) is 11.4. The maximum absolute atomic E-state index is 12.3. The second kappa shape index (κ2) is 7.13. The lowest BCUT2D eigenvalue weighted by Crippen LogP contribution is -2.35. The van der Waals surface area contributed by atoms with Crippen LogP contribution in [0.5, 0.6) is 5.75 Å². The highest BCUT2D eigenvalue weighted by molar-refractivity contribution is 5.94. The van der Waals surface area contributed by atoms with E-state index >= 15 is 0 Å². The van der Waals surface area contributed by atoms with E-state index in [0.29, 0.717) is 17.9 Å². The Balaban J connectivity index is 2.06. The van der Waals surface area contributed by atoms with E-state index in [1.165, 1.54) is 0 Å². The van der Waals surface area contributed by atoms with Gasteiger partial charge < -0.3 is 14.6 Å². The molecule has 5 nitrogen and oxygen atoms in total. The topological polar surface area (TPSA) is 46.5 Å². The summed E-state index contributed by atoms with van der Waals surface area (Å²) in [6.07, 6.45) is 2.01. The predicted molar refractivity (Wildman–Crippen MR) is 87.2 cm³/mol. The molecule has 0 spiro atoms. The third-order valence-corrected chi connectivity index (χ3v) is 3.74. The van der Waals surface area contributed by atoms with Crippen LogP contribution in [-0.4, -0.2) is 43.1 Å². The zero-order valence-corrected chi connectivity index (χ0v) is 13.5. The highest BCUT2D eigenvalue weighted by Crippen LogP contribution is 2.18. The van der Waals surface area contributed by atoms with Crippen LogP contribution >= 0.6 is 0 Å². The first-order chi connectivity index (χ1) is 10.5. The minimum absolute atomic E-state index is 0.0973. The summed E-state index contributed by atoms with van der Waals surface area (Å²) >= 11 is 0. The van der Waals surface area contributed by atoms with E-state index in [0.717, 1.165) is 5.69 Å². The van der Waals surface area contributed by atoms with Crippen molar-refractivity contribution < 1.29 is 9.53 Å². The van der Waals surface area contributed by atoms with Crippen molar-refractivity contribution in [2.24, 2.45) is 7.05 Å². The van der Waals surface area contributed by atoms with E-state index in [9.17, 15) is 4.79 Å². The molecule has 0 saturated heterocycles. The Bertz CT molecular complexity index is 634. The lowest BCUT2D eigenvalue weighted by Gasteiger charge is -2.25. The van der Waals surface area contributed by atoms with E-state index < -0.39 is 0 Å². The number of benzene rings is 1. The van der Waals surface area contributed by atoms with E-state index in [1.807, 2.05) is 45.5 Å². The summed E-state index contributed by atoms with van der Waals surface area (Å²) in [4.78, 5) is 14.4. The van der Waals surface area contributed by atoms with Gasteiger partial charge in [0.2, 0.25) is 0 Å². The third-order valence-electron chi connectivity index (χ3n) is 3.74. The molecule has 1 N–H and O–H groups in total. The predicted octanol–water partition coefficient (Wildman–Crippen LogP) is 2.07. The Morgan fingerprint density at radius 1 is 1.32 bits per heavy atom. The summed E-state index contributed by atoms with van der Waals surface area (Å²) in [5, 5.41) is 3.00. The second-order valence-corrected chi connectivity index (χ2v) is 5.47. The maximum Gasteiger partial charge on any atom is 0.251 e. The maximum atomic E-state index is 12.3. The molecule has 2 rings (SSSR count). The smallest absolute Gasteiger partial charge is 0.251 e. The van der Waals surface area contributed by atoms with Gasteiger partial charge in [0.15, 0.2) is 0 Å². The minimum atomic E-state index is -0.0973. The first-order valence-electron chi connectivity index (χ1n) is 7.23. The molecular formula is C17H23N3O2. The molecule has 0 saturated carbocycles. The number of nitrogens with zero attached hydrogens (tertiary/aromatic N) is 2. The molecule has 1 atom stereocenters. The zero-order chi connectivity index (χ0) is 16.1. The molecule has 0 aliphatic heterocycles. The molecule has 0 aliphatic rings. The standard InChI is InChI=1S/C17H23N3O2/c1-19(2)16(15-9-6-10-20(15)3)12-18-17(21)13-7-5-8-14(11-13)22-4/h5-11,16H,12H2,1-4H3,(H,18,21). The lowest BCUT2D eigenvalue weighted by molar-refractivity contribution is 0.0940. The Labute approximate surface area is 131 Å². The number of carbonyl (C=O) groups excluding carboxylic acids is 1. The van der Waals surface area contributed by atoms with Crippen LogP contribution in [0.4, 0.5) is 0 Å². The van der Waals surface area contributed by atoms with Gasteiger partial charge in [-0.25, -0.2) is 0 Å². The molecule has 5 heteroatoms. The number of hydrogen-bond donors (Lipinski definition) is 1. The number of amides is 1. The molecular weight excluding hydrogens is 278 g/mol. The highest BCUT2D eigenvalue weighted by Gasteiger charge is 2.18. The van der Waals surface area contributed by atoms with Gasteiger partial charge in [0, 0.05) is 31.0 Å². The van der Waals surface area contributed by atoms with Crippen molar-refractivity contribution in [1.82, 2.24) is 14.8 Å². The minimum Gasteiger partial charge on any atom is -0.497 e. The molecule has 0 fully saturated rings. The number of hydrogen-bond acceptors (Lipinski definition) is 3. The Hall–Kier alpha value is -2.27. The summed E-state index contributed by atoms with van der Waals surface area (Å²) in [5.41, 5.74) is 1.76. The number of rotatable bonds is 6. The molecule has 1 unspecified atom stereocenters. The van der Waals surface area contributed by atoms with Gasteiger partial charge in [-0.2, -0.15) is 0 Å². The fraction of sp³-hybridized carbons (Fsp3) is 0.353. The number of carbonyl (C=O) groups is 1. The van der Waals surface area contributed by atoms with E-state index in [4.69, 9.17) is 4.74 Å². The zero-order valence-electron chi connectivity index (χ0n) is 13.5. The van der Waals surface area contributed by atoms with Gasteiger partial charge in [-0.1, -0.05) is 6.07 Å². The van der Waals surface area contributed by atoms with E-state index in [1.54, 1.807) is 19.2 Å². The summed E-state index contributed by atoms with van der Waals surface area (Å²) in [5.74, 6) is 0.583. The van der Waals surface area contributed by atoms with Crippen LogP contribution in [0, 0.1) is 0 Å². The molecule has 1 aromatic heterocycles. The SMILES string of the molecule is COc1cccc(C(=O)NCC(c2cccn2C)N(C)C)c1. The van der Waals surface area contributed by atoms with Crippen LogP contribution in [0.1, 0.15) is 22.1 Å². The average Bonchev–Trinajstić information content (AvgIpc) is 2.93. The summed E-state index contributed by atoms with van der Waals surface area (Å²) < 4.78 is 7.22. The van der Waals surface area contributed by atoms with Crippen LogP contribution in [0.25, 0.3) is 0 Å². The van der Waals surface area contributed by atoms with Gasteiger partial charge in [-0.3, -0.25) is 9.69 Å². The van der Waals surface area contributed by atoms with E-state index in [-0.39, 0.29) is 11.9 Å². The van der Waals surface area contributed by atoms with Crippen LogP contribution in [0.3, 0.4) is 0 Å². The van der Waals surface area contributed by atoms with Crippen molar-refractivity contribution in [3.63, 3.8) is 0 Å². The van der Waals surface area contributed by atoms with Gasteiger partial charge in [0.1, 0.15) is 5.75 Å². The number of ether oxygens (including phenoxy) is 1. The molecule has 0 aliphatic carbocycles. The average molecular weight is 301 g/mol. The first-order valence-corrected chi connectivity index (χ1v) is 7.23. The second-order valence-electron chi connectivity index (χ2n) is 5.47. The van der Waals surface area contributed by atoms with Crippen molar-refractivity contribution in [3.8, 4) is 5.75 Å². The number of aromatic nitrogens is 1. The van der Waals surface area contributed by atoms with Crippen molar-refractivity contribution in [2.45, 2.75) is 6.04 Å². The first kappa shape index (κ1) is 16.1. The van der Waals surface area contributed by atoms with Crippen LogP contribution in [0.2, 0.25) is 0 Å². The van der Waals surface area contributed by atoms with Crippen LogP contribution in [-0.2, 0) is 7.05 Å². The van der Waals surface area contributed by atoms with Gasteiger partial charge in [0.05, 0.1) is 13.2 Å².